The minimum absolute atomic E-state index is 0.0985. The van der Waals surface area contributed by atoms with Crippen LogP contribution in [-0.4, -0.2) is 181 Å². The van der Waals surface area contributed by atoms with E-state index in [9.17, 15) is 72.3 Å². The van der Waals surface area contributed by atoms with Gasteiger partial charge in [0.2, 0.25) is 41.4 Å². The number of aromatic amines is 1. The third-order valence-corrected chi connectivity index (χ3v) is 15.1. The Hall–Kier alpha value is -6.90. The normalized spacial score (nSPS) is 27.6. The number of aliphatic hydroxyl groups excluding tert-OH is 3. The number of ketones is 2. The first-order chi connectivity index (χ1) is 34.6. The van der Waals surface area contributed by atoms with Gasteiger partial charge in [0.05, 0.1) is 78.5 Å². The zero-order valence-corrected chi connectivity index (χ0v) is 41.2. The molecule has 1 saturated heterocycles. The Morgan fingerprint density at radius 1 is 0.877 bits per heavy atom. The van der Waals surface area contributed by atoms with Crippen LogP contribution in [0.25, 0.3) is 10.9 Å². The van der Waals surface area contributed by atoms with Crippen LogP contribution in [0.5, 0.6) is 5.75 Å². The number of carbonyl (C=O) groups is 11. The van der Waals surface area contributed by atoms with E-state index in [-0.39, 0.29) is 46.8 Å². The number of aromatic nitrogens is 1. The largest absolute Gasteiger partial charge is 0.492 e. The van der Waals surface area contributed by atoms with E-state index in [1.807, 2.05) is 0 Å². The van der Waals surface area contributed by atoms with Crippen molar-refractivity contribution in [1.29, 1.82) is 0 Å². The van der Waals surface area contributed by atoms with Crippen molar-refractivity contribution in [3.63, 3.8) is 0 Å². The molecule has 4 aliphatic heterocycles. The molecule has 11 N–H and O–H groups in total. The number of nitrogens with zero attached hydrogens (tertiary/aromatic N) is 2. The molecule has 1 unspecified atom stereocenters. The molecule has 0 spiro atoms. The van der Waals surface area contributed by atoms with Gasteiger partial charge in [0.15, 0.2) is 11.6 Å². The topological polar surface area (TPSA) is 383 Å². The number of hydrogen-bond acceptors (Lipinski definition) is 16. The average Bonchev–Trinajstić information content (AvgIpc) is 4.03. The first-order valence-electron chi connectivity index (χ1n) is 23.8. The van der Waals surface area contributed by atoms with Gasteiger partial charge >= 0.3 is 0 Å². The molecular formula is C47H61N9O16S. The van der Waals surface area contributed by atoms with Gasteiger partial charge in [0.1, 0.15) is 29.5 Å². The number of imide groups is 1. The van der Waals surface area contributed by atoms with Crippen LogP contribution in [0, 0.1) is 23.7 Å². The molecule has 73 heavy (non-hydrogen) atoms. The van der Waals surface area contributed by atoms with Crippen molar-refractivity contribution in [1.82, 2.24) is 41.4 Å². The Bertz CT molecular complexity index is 2580. The summed E-state index contributed by atoms with van der Waals surface area (Å²) < 4.78 is 20.8. The molecule has 6 rings (SSSR count). The van der Waals surface area contributed by atoms with Gasteiger partial charge in [0.25, 0.3) is 11.8 Å². The van der Waals surface area contributed by atoms with Gasteiger partial charge in [-0.25, -0.2) is 0 Å². The summed E-state index contributed by atoms with van der Waals surface area (Å²) in [7, 11) is -2.39. The van der Waals surface area contributed by atoms with Crippen molar-refractivity contribution in [2.45, 2.75) is 101 Å². The number of H-pyrrole nitrogens is 1. The Morgan fingerprint density at radius 3 is 2.21 bits per heavy atom. The third kappa shape index (κ3) is 13.4. The summed E-state index contributed by atoms with van der Waals surface area (Å²) >= 11 is 0. The molecule has 25 nitrogen and oxygen atoms in total. The van der Waals surface area contributed by atoms with Crippen LogP contribution in [0.15, 0.2) is 35.4 Å². The molecule has 0 saturated carbocycles. The number of nitrogens with one attached hydrogen (secondary N) is 6. The van der Waals surface area contributed by atoms with Crippen molar-refractivity contribution >= 4 is 86.4 Å². The summed E-state index contributed by atoms with van der Waals surface area (Å²) in [6.45, 7) is 1.65. The molecule has 5 heterocycles. The fourth-order valence-corrected chi connectivity index (χ4v) is 10.7. The average molecular weight is 1040 g/mol. The molecule has 0 radical (unpaired) electrons. The summed E-state index contributed by atoms with van der Waals surface area (Å²) in [5.74, 6) is -14.9. The quantitative estimate of drug-likeness (QED) is 0.0956. The van der Waals surface area contributed by atoms with E-state index in [2.05, 4.69) is 31.6 Å². The van der Waals surface area contributed by atoms with Crippen LogP contribution in [0.1, 0.15) is 58.4 Å². The molecule has 0 aliphatic carbocycles. The summed E-state index contributed by atoms with van der Waals surface area (Å²) in [5, 5.41) is 44.4. The number of ether oxygens (including phenoxy) is 1. The Balaban J connectivity index is 1.52. The Labute approximate surface area is 420 Å². The molecule has 4 aliphatic rings. The predicted molar refractivity (Wildman–Crippen MR) is 254 cm³/mol. The second-order valence-electron chi connectivity index (χ2n) is 18.7. The van der Waals surface area contributed by atoms with Crippen LogP contribution in [0.2, 0.25) is 0 Å². The van der Waals surface area contributed by atoms with Crippen molar-refractivity contribution in [3.05, 3.63) is 35.9 Å². The predicted octanol–water partition coefficient (Wildman–Crippen LogP) is -4.14. The third-order valence-electron chi connectivity index (χ3n) is 13.7. The maximum atomic E-state index is 14.9. The number of nitrogens with two attached hydrogens (primary N) is 1. The summed E-state index contributed by atoms with van der Waals surface area (Å²) in [4.78, 5) is 155. The van der Waals surface area contributed by atoms with Crippen molar-refractivity contribution < 1.29 is 77.0 Å². The fraction of sp³-hybridized carbons (Fsp3) is 0.553. The highest BCUT2D eigenvalue weighted by Crippen LogP contribution is 2.32. The smallest absolute Gasteiger partial charge is 0.253 e. The second-order valence-corrected chi connectivity index (χ2v) is 20.2. The number of aliphatic hydroxyl groups is 3. The molecule has 2 bridgehead atoms. The van der Waals surface area contributed by atoms with Gasteiger partial charge < -0.3 is 62.3 Å². The lowest BCUT2D eigenvalue weighted by Gasteiger charge is -2.31. The van der Waals surface area contributed by atoms with Crippen molar-refractivity contribution in [2.24, 2.45) is 29.4 Å². The van der Waals surface area contributed by atoms with E-state index in [1.54, 1.807) is 13.8 Å². The van der Waals surface area contributed by atoms with Gasteiger partial charge in [0, 0.05) is 68.2 Å². The van der Waals surface area contributed by atoms with Gasteiger partial charge in [-0.15, -0.1) is 0 Å². The van der Waals surface area contributed by atoms with Gasteiger partial charge in [-0.05, 0) is 29.5 Å². The highest BCUT2D eigenvalue weighted by Gasteiger charge is 2.45. The van der Waals surface area contributed by atoms with Crippen LogP contribution in [-0.2, 0) is 70.0 Å². The molecule has 396 valence electrons. The summed E-state index contributed by atoms with van der Waals surface area (Å²) in [6, 6.07) is -1.66. The molecule has 9 amide bonds. The highest BCUT2D eigenvalue weighted by atomic mass is 32.2. The minimum Gasteiger partial charge on any atom is -0.492 e. The Morgan fingerprint density at radius 2 is 1.55 bits per heavy atom. The van der Waals surface area contributed by atoms with E-state index in [1.165, 1.54) is 25.1 Å². The lowest BCUT2D eigenvalue weighted by molar-refractivity contribution is -0.145. The van der Waals surface area contributed by atoms with Gasteiger partial charge in [-0.3, -0.25) is 61.8 Å². The number of carbonyl (C=O) groups excluding carboxylic acids is 11. The first kappa shape index (κ1) is 55.4. The second kappa shape index (κ2) is 24.2. The standard InChI is InChI=1S/C47H61N9O16S/c1-4-22(2)42-45(69)50-17-38(63)51-32-21-73(71)46-29(27-6-5-26(14-30(27)53-46)72-10-9-55-40(65)7-8-41(55)66)15-31(44(68)49-18-39(64)54-42)52-43(67)28(23(3)36(61)20-57)16-35(60)33-13-25(58)19-56(33)47(70)24(11-34(32)59)12-37(48)62/h5-8,14,22-25,28,31-33,36,42,53,57-58,61H,4,9-13,15-21H2,1-3H3,(H2,48,62)(H,49,68)(H,50,69)(H,51,63)(H,52,67)(H,54,64)/t22-,23+,24-,25+,28-,31-,32-,33-,36-,42-,73?/m0/s1. The van der Waals surface area contributed by atoms with Crippen LogP contribution in [0.4, 0.5) is 0 Å². The number of fused-ring (bicyclic) bond motifs is 5. The first-order valence-corrected chi connectivity index (χ1v) is 25.2. The molecule has 1 aromatic heterocycles. The van der Waals surface area contributed by atoms with E-state index in [0.717, 1.165) is 22.0 Å². The van der Waals surface area contributed by atoms with Gasteiger partial charge in [-0.1, -0.05) is 27.2 Å². The highest BCUT2D eigenvalue weighted by molar-refractivity contribution is 7.85. The fourth-order valence-electron chi connectivity index (χ4n) is 9.26. The number of rotatable bonds is 11. The molecular weight excluding hydrogens is 979 g/mol. The monoisotopic (exact) mass is 1040 g/mol. The molecule has 11 atom stereocenters. The lowest BCUT2D eigenvalue weighted by atomic mass is 9.83. The van der Waals surface area contributed by atoms with Gasteiger partial charge in [-0.2, -0.15) is 0 Å². The van der Waals surface area contributed by atoms with Crippen molar-refractivity contribution in [2.75, 3.05) is 45.1 Å². The van der Waals surface area contributed by atoms with Crippen LogP contribution >= 0.6 is 0 Å². The number of primary amides is 1. The molecule has 26 heteroatoms. The van der Waals surface area contributed by atoms with Crippen LogP contribution < -0.4 is 37.1 Å². The summed E-state index contributed by atoms with van der Waals surface area (Å²) in [5.41, 5.74) is 5.89. The maximum Gasteiger partial charge on any atom is 0.253 e. The maximum absolute atomic E-state index is 14.9. The molecule has 2 aromatic rings. The number of Topliss-reactive ketones (excluding diaryl/α,β-unsaturated/α-hetero) is 2. The van der Waals surface area contributed by atoms with E-state index in [0.29, 0.717) is 6.42 Å². The van der Waals surface area contributed by atoms with E-state index in [4.69, 9.17) is 10.5 Å². The number of hydrogen-bond donors (Lipinski definition) is 10. The van der Waals surface area contributed by atoms with E-state index < -0.39 is 193 Å². The van der Waals surface area contributed by atoms with Crippen LogP contribution in [0.3, 0.4) is 0 Å². The Kier molecular flexibility index (Phi) is 18.4. The SMILES string of the molecule is CC[C@H](C)[C@@H]1NC(=O)CNC(=O)[C@@H]2Cc3c([nH]c4cc(OCCN5C(=O)C=CC5=O)ccc34)S(=O)C[C@H](NC(=O)CNC1=O)C(=O)C[C@@H](CC(N)=O)C(=O)N1C[C@H](O)C[C@H]1C(=O)C[C@@H]([C@@H](C)[C@@H](O)CO)C(=O)N2. The summed E-state index contributed by atoms with van der Waals surface area (Å²) in [6.07, 6.45) is -3.50. The zero-order chi connectivity index (χ0) is 53.4. The minimum atomic E-state index is -2.39. The lowest BCUT2D eigenvalue weighted by Crippen LogP contribution is -2.56. The molecule has 1 fully saturated rings. The number of benzene rings is 1. The van der Waals surface area contributed by atoms with Crippen molar-refractivity contribution in [3.8, 4) is 5.75 Å². The van der Waals surface area contributed by atoms with E-state index >= 15 is 0 Å². The zero-order valence-electron chi connectivity index (χ0n) is 40.4. The number of amides is 9. The molecule has 1 aromatic carbocycles.